The van der Waals surface area contributed by atoms with Gasteiger partial charge in [-0.1, -0.05) is 6.92 Å². The Morgan fingerprint density at radius 3 is 2.44 bits per heavy atom. The van der Waals surface area contributed by atoms with E-state index < -0.39 is 5.97 Å². The molecule has 0 amide bonds. The standard InChI is InChI=1S/C6H10O3/c1-3-5(9-2)4-6(7)8/h4H,3H2,1-2H3,(H,7,8). The molecular formula is C6H10O3. The number of carboxylic acid groups (broad SMARTS) is 1. The summed E-state index contributed by atoms with van der Waals surface area (Å²) in [5.74, 6) is -0.476. The van der Waals surface area contributed by atoms with Crippen molar-refractivity contribution in [2.45, 2.75) is 13.3 Å². The Hall–Kier alpha value is -0.990. The lowest BCUT2D eigenvalue weighted by molar-refractivity contribution is -0.131. The molecule has 3 heteroatoms. The minimum Gasteiger partial charge on any atom is -0.501 e. The van der Waals surface area contributed by atoms with Gasteiger partial charge in [-0.25, -0.2) is 4.79 Å². The van der Waals surface area contributed by atoms with Crippen LogP contribution in [0.2, 0.25) is 0 Å². The molecular weight excluding hydrogens is 120 g/mol. The highest BCUT2D eigenvalue weighted by molar-refractivity contribution is 5.80. The molecule has 0 aliphatic rings. The summed E-state index contributed by atoms with van der Waals surface area (Å²) in [5, 5.41) is 8.19. The van der Waals surface area contributed by atoms with Crippen molar-refractivity contribution in [1.82, 2.24) is 0 Å². The fraction of sp³-hybridized carbons (Fsp3) is 0.500. The molecule has 3 nitrogen and oxygen atoms in total. The Morgan fingerprint density at radius 2 is 2.33 bits per heavy atom. The Balaban J connectivity index is 3.91. The van der Waals surface area contributed by atoms with Gasteiger partial charge in [0.05, 0.1) is 13.2 Å². The van der Waals surface area contributed by atoms with Crippen LogP contribution < -0.4 is 0 Å². The quantitative estimate of drug-likeness (QED) is 0.458. The van der Waals surface area contributed by atoms with E-state index in [4.69, 9.17) is 9.84 Å². The second-order valence-electron chi connectivity index (χ2n) is 1.51. The lowest BCUT2D eigenvalue weighted by Gasteiger charge is -1.98. The first-order valence-electron chi connectivity index (χ1n) is 2.68. The van der Waals surface area contributed by atoms with Crippen molar-refractivity contribution < 1.29 is 14.6 Å². The van der Waals surface area contributed by atoms with Gasteiger partial charge in [0.15, 0.2) is 0 Å². The van der Waals surface area contributed by atoms with Crippen LogP contribution in [0, 0.1) is 0 Å². The third kappa shape index (κ3) is 3.58. The van der Waals surface area contributed by atoms with Crippen LogP contribution in [0.5, 0.6) is 0 Å². The van der Waals surface area contributed by atoms with Gasteiger partial charge in [-0.3, -0.25) is 0 Å². The zero-order valence-electron chi connectivity index (χ0n) is 5.55. The van der Waals surface area contributed by atoms with Crippen molar-refractivity contribution >= 4 is 5.97 Å². The van der Waals surface area contributed by atoms with Crippen molar-refractivity contribution in [3.05, 3.63) is 11.8 Å². The number of allylic oxidation sites excluding steroid dienone is 1. The average molecular weight is 130 g/mol. The summed E-state index contributed by atoms with van der Waals surface area (Å²) in [5.41, 5.74) is 0. The van der Waals surface area contributed by atoms with Gasteiger partial charge in [-0.15, -0.1) is 0 Å². The monoisotopic (exact) mass is 130 g/mol. The van der Waals surface area contributed by atoms with Crippen LogP contribution in [0.25, 0.3) is 0 Å². The van der Waals surface area contributed by atoms with Gasteiger partial charge in [-0.2, -0.15) is 0 Å². The Morgan fingerprint density at radius 1 is 1.78 bits per heavy atom. The van der Waals surface area contributed by atoms with E-state index in [2.05, 4.69) is 0 Å². The molecule has 0 saturated heterocycles. The number of carbonyl (C=O) groups is 1. The maximum absolute atomic E-state index is 9.97. The number of carboxylic acids is 1. The molecule has 0 bridgehead atoms. The SMILES string of the molecule is CCC(=CC(=O)O)OC. The van der Waals surface area contributed by atoms with E-state index in [1.165, 1.54) is 7.11 Å². The predicted molar refractivity (Wildman–Crippen MR) is 33.0 cm³/mol. The van der Waals surface area contributed by atoms with Crippen molar-refractivity contribution in [3.8, 4) is 0 Å². The number of rotatable bonds is 3. The molecule has 0 aromatic heterocycles. The first-order chi connectivity index (χ1) is 4.20. The molecule has 0 fully saturated rings. The van der Waals surface area contributed by atoms with Crippen LogP contribution in [0.4, 0.5) is 0 Å². The lowest BCUT2D eigenvalue weighted by Crippen LogP contribution is -1.92. The highest BCUT2D eigenvalue weighted by atomic mass is 16.5. The smallest absolute Gasteiger partial charge is 0.331 e. The fourth-order valence-electron chi connectivity index (χ4n) is 0.443. The second-order valence-corrected chi connectivity index (χ2v) is 1.51. The van der Waals surface area contributed by atoms with Gasteiger partial charge in [0.1, 0.15) is 5.76 Å². The van der Waals surface area contributed by atoms with Crippen LogP contribution in [-0.2, 0) is 9.53 Å². The first-order valence-corrected chi connectivity index (χ1v) is 2.68. The van der Waals surface area contributed by atoms with Crippen molar-refractivity contribution in [2.24, 2.45) is 0 Å². The van der Waals surface area contributed by atoms with E-state index in [0.29, 0.717) is 12.2 Å². The van der Waals surface area contributed by atoms with Gasteiger partial charge in [-0.05, 0) is 0 Å². The highest BCUT2D eigenvalue weighted by Gasteiger charge is 1.94. The van der Waals surface area contributed by atoms with Crippen LogP contribution >= 0.6 is 0 Å². The molecule has 0 unspecified atom stereocenters. The second kappa shape index (κ2) is 3.95. The van der Waals surface area contributed by atoms with E-state index in [1.54, 1.807) is 0 Å². The summed E-state index contributed by atoms with van der Waals surface area (Å²) < 4.78 is 4.69. The summed E-state index contributed by atoms with van der Waals surface area (Å²) in [6, 6.07) is 0. The number of methoxy groups -OCH3 is 1. The van der Waals surface area contributed by atoms with E-state index in [9.17, 15) is 4.79 Å². The number of ether oxygens (including phenoxy) is 1. The predicted octanol–water partition coefficient (Wildman–Crippen LogP) is 1.01. The average Bonchev–Trinajstić information content (AvgIpc) is 1.82. The summed E-state index contributed by atoms with van der Waals surface area (Å²) in [6.07, 6.45) is 1.67. The van der Waals surface area contributed by atoms with Crippen molar-refractivity contribution in [2.75, 3.05) is 7.11 Å². The zero-order chi connectivity index (χ0) is 7.28. The maximum Gasteiger partial charge on any atom is 0.331 e. The molecule has 0 aliphatic carbocycles. The van der Waals surface area contributed by atoms with Gasteiger partial charge in [0.2, 0.25) is 0 Å². The van der Waals surface area contributed by atoms with E-state index in [0.717, 1.165) is 6.08 Å². The molecule has 0 aromatic carbocycles. The molecule has 0 aromatic rings. The highest BCUT2D eigenvalue weighted by Crippen LogP contribution is 1.98. The van der Waals surface area contributed by atoms with Gasteiger partial charge < -0.3 is 9.84 Å². The Bertz CT molecular complexity index is 120. The van der Waals surface area contributed by atoms with Gasteiger partial charge >= 0.3 is 5.97 Å². The van der Waals surface area contributed by atoms with Gasteiger partial charge in [0.25, 0.3) is 0 Å². The minimum atomic E-state index is -0.964. The number of aliphatic carboxylic acids is 1. The molecule has 0 spiro atoms. The van der Waals surface area contributed by atoms with Crippen molar-refractivity contribution in [1.29, 1.82) is 0 Å². The first kappa shape index (κ1) is 8.01. The molecule has 52 valence electrons. The normalized spacial score (nSPS) is 11.1. The molecule has 0 heterocycles. The van der Waals surface area contributed by atoms with Crippen LogP contribution in [-0.4, -0.2) is 18.2 Å². The van der Waals surface area contributed by atoms with E-state index in [1.807, 2.05) is 6.92 Å². The molecule has 0 saturated carbocycles. The molecule has 9 heavy (non-hydrogen) atoms. The topological polar surface area (TPSA) is 46.5 Å². The zero-order valence-corrected chi connectivity index (χ0v) is 5.55. The van der Waals surface area contributed by atoms with Crippen LogP contribution in [0.15, 0.2) is 11.8 Å². The minimum absolute atomic E-state index is 0.488. The molecule has 1 N–H and O–H groups in total. The Kier molecular flexibility index (Phi) is 3.51. The largest absolute Gasteiger partial charge is 0.501 e. The third-order valence-corrected chi connectivity index (χ3v) is 0.895. The van der Waals surface area contributed by atoms with E-state index in [-0.39, 0.29) is 0 Å². The number of hydrogen-bond acceptors (Lipinski definition) is 2. The third-order valence-electron chi connectivity index (χ3n) is 0.895. The van der Waals surface area contributed by atoms with E-state index >= 15 is 0 Å². The number of hydrogen-bond donors (Lipinski definition) is 1. The fourth-order valence-corrected chi connectivity index (χ4v) is 0.443. The molecule has 0 aliphatic heterocycles. The Labute approximate surface area is 53.9 Å². The van der Waals surface area contributed by atoms with Crippen LogP contribution in [0.1, 0.15) is 13.3 Å². The lowest BCUT2D eigenvalue weighted by atomic mass is 10.3. The summed E-state index contributed by atoms with van der Waals surface area (Å²) in [7, 11) is 1.46. The molecule has 0 atom stereocenters. The summed E-state index contributed by atoms with van der Waals surface area (Å²) >= 11 is 0. The van der Waals surface area contributed by atoms with Crippen LogP contribution in [0.3, 0.4) is 0 Å². The summed E-state index contributed by atoms with van der Waals surface area (Å²) in [6.45, 7) is 1.83. The summed E-state index contributed by atoms with van der Waals surface area (Å²) in [4.78, 5) is 9.97. The molecule has 0 rings (SSSR count). The molecule has 0 radical (unpaired) electrons. The van der Waals surface area contributed by atoms with Crippen molar-refractivity contribution in [3.63, 3.8) is 0 Å². The maximum atomic E-state index is 9.97. The van der Waals surface area contributed by atoms with Gasteiger partial charge in [0, 0.05) is 6.42 Å².